The molecule has 6 nitrogen and oxygen atoms in total. The number of fused-ring (bicyclic) bond motifs is 1. The van der Waals surface area contributed by atoms with E-state index in [1.54, 1.807) is 6.20 Å². The summed E-state index contributed by atoms with van der Waals surface area (Å²) in [6.45, 7) is 2.61. The minimum Gasteiger partial charge on any atom is -0.352 e. The first-order valence-corrected chi connectivity index (χ1v) is 7.41. The molecule has 1 N–H and O–H groups in total. The van der Waals surface area contributed by atoms with Gasteiger partial charge in [-0.1, -0.05) is 5.16 Å². The van der Waals surface area contributed by atoms with E-state index in [1.807, 2.05) is 13.1 Å². The number of carbonyl (C=O) groups excluding carboxylic acids is 1. The molecule has 2 aromatic heterocycles. The van der Waals surface area contributed by atoms with Crippen LogP contribution in [0.4, 0.5) is 0 Å². The highest BCUT2D eigenvalue weighted by molar-refractivity contribution is 6.29. The number of aryl methyl sites for hydroxylation is 2. The first kappa shape index (κ1) is 14.1. The number of hydrogen-bond donors (Lipinski definition) is 1. The molecule has 0 saturated carbocycles. The highest BCUT2D eigenvalue weighted by Gasteiger charge is 2.20. The first-order valence-electron chi connectivity index (χ1n) is 7.03. The van der Waals surface area contributed by atoms with Crippen molar-refractivity contribution in [2.45, 2.75) is 45.2 Å². The molecule has 0 fully saturated rings. The average molecular weight is 309 g/mol. The molecule has 21 heavy (non-hydrogen) atoms. The van der Waals surface area contributed by atoms with Crippen LogP contribution >= 0.6 is 11.6 Å². The summed E-state index contributed by atoms with van der Waals surface area (Å²) in [4.78, 5) is 16.3. The summed E-state index contributed by atoms with van der Waals surface area (Å²) >= 11 is 5.89. The molecular weight excluding hydrogens is 292 g/mol. The van der Waals surface area contributed by atoms with Crippen LogP contribution in [0.15, 0.2) is 16.9 Å². The van der Waals surface area contributed by atoms with Gasteiger partial charge in [-0.3, -0.25) is 4.79 Å². The van der Waals surface area contributed by atoms with Gasteiger partial charge in [0.25, 0.3) is 0 Å². The molecule has 0 bridgehead atoms. The van der Waals surface area contributed by atoms with E-state index >= 15 is 0 Å². The molecule has 7 heteroatoms. The maximum absolute atomic E-state index is 12.0. The fourth-order valence-corrected chi connectivity index (χ4v) is 2.93. The molecule has 3 rings (SSSR count). The third kappa shape index (κ3) is 3.10. The lowest BCUT2D eigenvalue weighted by Gasteiger charge is -2.24. The molecule has 3 heterocycles. The molecule has 0 saturated heterocycles. The van der Waals surface area contributed by atoms with Gasteiger partial charge in [-0.05, 0) is 31.4 Å². The zero-order valence-corrected chi connectivity index (χ0v) is 12.6. The normalized spacial score (nSPS) is 17.5. The summed E-state index contributed by atoms with van der Waals surface area (Å²) in [5.74, 6) is 1.12. The van der Waals surface area contributed by atoms with Crippen LogP contribution in [-0.4, -0.2) is 26.7 Å². The second kappa shape index (κ2) is 5.89. The van der Waals surface area contributed by atoms with Gasteiger partial charge in [0, 0.05) is 43.4 Å². The summed E-state index contributed by atoms with van der Waals surface area (Å²) in [5, 5.41) is 7.13. The fourth-order valence-electron chi connectivity index (χ4n) is 2.66. The highest BCUT2D eigenvalue weighted by Crippen LogP contribution is 2.20. The Morgan fingerprint density at radius 3 is 3.24 bits per heavy atom. The zero-order valence-electron chi connectivity index (χ0n) is 11.8. The summed E-state index contributed by atoms with van der Waals surface area (Å²) in [7, 11) is 0. The lowest BCUT2D eigenvalue weighted by molar-refractivity contribution is -0.122. The monoisotopic (exact) mass is 308 g/mol. The summed E-state index contributed by atoms with van der Waals surface area (Å²) in [6.07, 6.45) is 6.51. The van der Waals surface area contributed by atoms with E-state index < -0.39 is 0 Å². The minimum atomic E-state index is 0.0280. The number of imidazole rings is 1. The molecule has 0 aromatic carbocycles. The third-order valence-electron chi connectivity index (χ3n) is 3.84. The van der Waals surface area contributed by atoms with Crippen LogP contribution < -0.4 is 5.32 Å². The predicted molar refractivity (Wildman–Crippen MR) is 77.0 cm³/mol. The number of hydrogen-bond acceptors (Lipinski definition) is 4. The molecule has 1 amide bonds. The van der Waals surface area contributed by atoms with E-state index in [-0.39, 0.29) is 17.2 Å². The summed E-state index contributed by atoms with van der Waals surface area (Å²) < 4.78 is 6.97. The van der Waals surface area contributed by atoms with Crippen LogP contribution in [0.1, 0.15) is 29.9 Å². The Kier molecular flexibility index (Phi) is 3.96. The van der Waals surface area contributed by atoms with Crippen molar-refractivity contribution in [2.75, 3.05) is 0 Å². The quantitative estimate of drug-likeness (QED) is 0.936. The van der Waals surface area contributed by atoms with Crippen molar-refractivity contribution >= 4 is 17.5 Å². The molecule has 1 aliphatic rings. The molecular formula is C14H17ClN4O2. The van der Waals surface area contributed by atoms with E-state index in [1.165, 1.54) is 0 Å². The number of aromatic nitrogens is 3. The van der Waals surface area contributed by atoms with Crippen LogP contribution in [0, 0.1) is 6.92 Å². The predicted octanol–water partition coefficient (Wildman–Crippen LogP) is 1.90. The van der Waals surface area contributed by atoms with Gasteiger partial charge in [-0.15, -0.1) is 0 Å². The largest absolute Gasteiger partial charge is 0.352 e. The molecule has 1 aliphatic heterocycles. The molecule has 0 spiro atoms. The second-order valence-corrected chi connectivity index (χ2v) is 5.66. The van der Waals surface area contributed by atoms with E-state index in [9.17, 15) is 4.79 Å². The van der Waals surface area contributed by atoms with Crippen molar-refractivity contribution in [3.05, 3.63) is 34.7 Å². The van der Waals surface area contributed by atoms with E-state index in [2.05, 4.69) is 20.0 Å². The topological polar surface area (TPSA) is 73.0 Å². The SMILES string of the molecule is Cc1noc(Cl)c1CCC(=O)N[C@@H]1CCc2nccn2C1. The molecule has 2 aromatic rings. The van der Waals surface area contributed by atoms with Gasteiger partial charge in [0.2, 0.25) is 11.1 Å². The average Bonchev–Trinajstić information content (AvgIpc) is 3.04. The standard InChI is InChI=1S/C14H17ClN4O2/c1-9-11(14(15)21-18-9)3-5-13(20)17-10-2-4-12-16-6-7-19(12)8-10/h6-7,10H,2-5,8H2,1H3,(H,17,20)/t10-/m1/s1. The van der Waals surface area contributed by atoms with Crippen molar-refractivity contribution in [3.63, 3.8) is 0 Å². The maximum Gasteiger partial charge on any atom is 0.229 e. The van der Waals surface area contributed by atoms with Gasteiger partial charge in [0.15, 0.2) is 0 Å². The third-order valence-corrected chi connectivity index (χ3v) is 4.14. The fraction of sp³-hybridized carbons (Fsp3) is 0.500. The Hall–Kier alpha value is -1.82. The van der Waals surface area contributed by atoms with Gasteiger partial charge in [0.05, 0.1) is 5.69 Å². The van der Waals surface area contributed by atoms with Gasteiger partial charge in [-0.25, -0.2) is 4.98 Å². The lowest BCUT2D eigenvalue weighted by atomic mass is 10.1. The van der Waals surface area contributed by atoms with Crippen LogP contribution in [0.3, 0.4) is 0 Å². The Balaban J connectivity index is 1.51. The Labute approximate surface area is 127 Å². The number of carbonyl (C=O) groups is 1. The molecule has 0 aliphatic carbocycles. The molecule has 0 radical (unpaired) electrons. The molecule has 1 atom stereocenters. The molecule has 112 valence electrons. The van der Waals surface area contributed by atoms with Crippen LogP contribution in [0.25, 0.3) is 0 Å². The lowest BCUT2D eigenvalue weighted by Crippen LogP contribution is -2.41. The smallest absolute Gasteiger partial charge is 0.229 e. The van der Waals surface area contributed by atoms with Crippen molar-refractivity contribution < 1.29 is 9.32 Å². The maximum atomic E-state index is 12.0. The number of nitrogens with zero attached hydrogens (tertiary/aromatic N) is 3. The van der Waals surface area contributed by atoms with Gasteiger partial charge >= 0.3 is 0 Å². The van der Waals surface area contributed by atoms with Gasteiger partial charge in [-0.2, -0.15) is 0 Å². The zero-order chi connectivity index (χ0) is 14.8. The van der Waals surface area contributed by atoms with Crippen LogP contribution in [0.2, 0.25) is 5.22 Å². The van der Waals surface area contributed by atoms with Crippen molar-refractivity contribution in [2.24, 2.45) is 0 Å². The van der Waals surface area contributed by atoms with E-state index in [0.717, 1.165) is 36.5 Å². The van der Waals surface area contributed by atoms with Gasteiger partial charge in [0.1, 0.15) is 5.82 Å². The summed E-state index contributed by atoms with van der Waals surface area (Å²) in [5.41, 5.74) is 1.56. The van der Waals surface area contributed by atoms with Gasteiger partial charge < -0.3 is 14.4 Å². The number of amides is 1. The van der Waals surface area contributed by atoms with Crippen LogP contribution in [0.5, 0.6) is 0 Å². The van der Waals surface area contributed by atoms with Crippen LogP contribution in [-0.2, 0) is 24.2 Å². The summed E-state index contributed by atoms with van der Waals surface area (Å²) in [6, 6.07) is 0.165. The second-order valence-electron chi connectivity index (χ2n) is 5.32. The van der Waals surface area contributed by atoms with Crippen molar-refractivity contribution in [1.29, 1.82) is 0 Å². The number of rotatable bonds is 4. The Morgan fingerprint density at radius 1 is 1.62 bits per heavy atom. The highest BCUT2D eigenvalue weighted by atomic mass is 35.5. The van der Waals surface area contributed by atoms with Crippen molar-refractivity contribution in [3.8, 4) is 0 Å². The minimum absolute atomic E-state index is 0.0280. The number of halogens is 1. The Morgan fingerprint density at radius 2 is 2.48 bits per heavy atom. The van der Waals surface area contributed by atoms with E-state index in [0.29, 0.717) is 12.8 Å². The molecule has 0 unspecified atom stereocenters. The number of nitrogens with one attached hydrogen (secondary N) is 1. The van der Waals surface area contributed by atoms with Crippen molar-refractivity contribution in [1.82, 2.24) is 20.0 Å². The Bertz CT molecular complexity index is 630. The first-order chi connectivity index (χ1) is 10.1. The van der Waals surface area contributed by atoms with E-state index in [4.69, 9.17) is 16.1 Å².